The molecule has 3 nitrogen and oxygen atoms in total. The Morgan fingerprint density at radius 3 is 2.85 bits per heavy atom. The molecule has 20 heavy (non-hydrogen) atoms. The molecule has 0 aromatic heterocycles. The van der Waals surface area contributed by atoms with E-state index >= 15 is 0 Å². The fourth-order valence-electron chi connectivity index (χ4n) is 2.45. The summed E-state index contributed by atoms with van der Waals surface area (Å²) in [6.45, 7) is 5.49. The predicted octanol–water partition coefficient (Wildman–Crippen LogP) is 3.08. The van der Waals surface area contributed by atoms with Crippen molar-refractivity contribution in [3.05, 3.63) is 28.5 Å². The van der Waals surface area contributed by atoms with Crippen LogP contribution in [0.5, 0.6) is 5.75 Å². The monoisotopic (exact) mass is 322 g/mol. The van der Waals surface area contributed by atoms with Crippen molar-refractivity contribution in [3.8, 4) is 5.75 Å². The van der Waals surface area contributed by atoms with Crippen LogP contribution in [0.1, 0.15) is 18.9 Å². The normalized spacial score (nSPS) is 18.9. The van der Waals surface area contributed by atoms with Gasteiger partial charge in [-0.1, -0.05) is 11.6 Å². The van der Waals surface area contributed by atoms with E-state index in [4.69, 9.17) is 22.1 Å². The molecule has 6 heteroatoms. The number of nitrogens with two attached hydrogens (primary N) is 1. The van der Waals surface area contributed by atoms with Crippen LogP contribution in [0, 0.1) is 11.7 Å². The average Bonchev–Trinajstić information content (AvgIpc) is 2.83. The summed E-state index contributed by atoms with van der Waals surface area (Å²) in [4.78, 5) is 2.21. The Bertz CT molecular complexity index is 445. The molecular weight excluding hydrogens is 302 g/mol. The summed E-state index contributed by atoms with van der Waals surface area (Å²) in [7, 11) is 0. The minimum absolute atomic E-state index is 0. The van der Waals surface area contributed by atoms with E-state index in [0.29, 0.717) is 41.9 Å². The predicted molar refractivity (Wildman–Crippen MR) is 82.3 cm³/mol. The van der Waals surface area contributed by atoms with Crippen molar-refractivity contribution in [2.75, 3.05) is 26.2 Å². The molecule has 114 valence electrons. The summed E-state index contributed by atoms with van der Waals surface area (Å²) in [6.07, 6.45) is 1.09. The van der Waals surface area contributed by atoms with E-state index in [0.717, 1.165) is 19.5 Å². The Morgan fingerprint density at radius 1 is 1.50 bits per heavy atom. The van der Waals surface area contributed by atoms with E-state index in [1.54, 1.807) is 6.07 Å². The van der Waals surface area contributed by atoms with Crippen LogP contribution in [0.4, 0.5) is 4.39 Å². The van der Waals surface area contributed by atoms with Crippen LogP contribution in [0.25, 0.3) is 0 Å². The van der Waals surface area contributed by atoms with Crippen molar-refractivity contribution in [2.24, 2.45) is 11.7 Å². The van der Waals surface area contributed by atoms with Crippen LogP contribution < -0.4 is 10.5 Å². The summed E-state index contributed by atoms with van der Waals surface area (Å²) in [5.41, 5.74) is 6.28. The van der Waals surface area contributed by atoms with Gasteiger partial charge in [0, 0.05) is 24.7 Å². The molecular formula is C14H21Cl2FN2O. The highest BCUT2D eigenvalue weighted by molar-refractivity contribution is 6.32. The van der Waals surface area contributed by atoms with Crippen LogP contribution >= 0.6 is 24.0 Å². The van der Waals surface area contributed by atoms with Crippen LogP contribution in [-0.4, -0.2) is 31.1 Å². The fourth-order valence-corrected chi connectivity index (χ4v) is 2.69. The molecule has 0 saturated carbocycles. The molecule has 0 amide bonds. The first-order valence-electron chi connectivity index (χ1n) is 6.67. The maximum atomic E-state index is 14.0. The molecule has 1 fully saturated rings. The Labute approximate surface area is 130 Å². The standard InChI is InChI=1S/C14H20ClFN2O.ClH/c1-2-19-14-6-13(16)11(5-12(14)15)9-18-4-3-10(7-17)8-18;/h5-6,10H,2-4,7-9,17H2,1H3;1H/t10-;/m0./s1. The molecule has 1 aliphatic rings. The van der Waals surface area contributed by atoms with Crippen molar-refractivity contribution in [3.63, 3.8) is 0 Å². The molecule has 0 spiro atoms. The van der Waals surface area contributed by atoms with Crippen molar-refractivity contribution in [1.82, 2.24) is 4.90 Å². The third-order valence-electron chi connectivity index (χ3n) is 3.50. The minimum atomic E-state index is -0.260. The smallest absolute Gasteiger partial charge is 0.140 e. The van der Waals surface area contributed by atoms with Gasteiger partial charge in [0.15, 0.2) is 0 Å². The number of hydrogen-bond donors (Lipinski definition) is 1. The maximum Gasteiger partial charge on any atom is 0.140 e. The number of hydrogen-bond acceptors (Lipinski definition) is 3. The largest absolute Gasteiger partial charge is 0.492 e. The van der Waals surface area contributed by atoms with Gasteiger partial charge in [-0.3, -0.25) is 4.90 Å². The van der Waals surface area contributed by atoms with Crippen LogP contribution in [0.3, 0.4) is 0 Å². The summed E-state index contributed by atoms with van der Waals surface area (Å²) in [5, 5.41) is 0.466. The van der Waals surface area contributed by atoms with E-state index in [2.05, 4.69) is 4.90 Å². The molecule has 1 saturated heterocycles. The average molecular weight is 323 g/mol. The van der Waals surface area contributed by atoms with Gasteiger partial charge in [0.25, 0.3) is 0 Å². The third-order valence-corrected chi connectivity index (χ3v) is 3.79. The van der Waals surface area contributed by atoms with Gasteiger partial charge in [-0.05, 0) is 38.4 Å². The molecule has 1 aromatic carbocycles. The van der Waals surface area contributed by atoms with Crippen LogP contribution in [0.15, 0.2) is 12.1 Å². The molecule has 1 atom stereocenters. The highest BCUT2D eigenvalue weighted by Crippen LogP contribution is 2.29. The van der Waals surface area contributed by atoms with E-state index in [1.807, 2.05) is 6.92 Å². The lowest BCUT2D eigenvalue weighted by molar-refractivity contribution is 0.310. The highest BCUT2D eigenvalue weighted by Gasteiger charge is 2.22. The molecule has 0 bridgehead atoms. The molecule has 0 radical (unpaired) electrons. The first-order valence-corrected chi connectivity index (χ1v) is 7.05. The molecule has 1 aliphatic heterocycles. The van der Waals surface area contributed by atoms with Crippen molar-refractivity contribution in [2.45, 2.75) is 19.9 Å². The summed E-state index contributed by atoms with van der Waals surface area (Å²) in [6, 6.07) is 3.04. The lowest BCUT2D eigenvalue weighted by Crippen LogP contribution is -2.23. The van der Waals surface area contributed by atoms with Crippen LogP contribution in [0.2, 0.25) is 5.02 Å². The fraction of sp³-hybridized carbons (Fsp3) is 0.571. The number of rotatable bonds is 5. The second-order valence-corrected chi connectivity index (χ2v) is 5.34. The third kappa shape index (κ3) is 4.22. The maximum absolute atomic E-state index is 14.0. The van der Waals surface area contributed by atoms with Crippen LogP contribution in [-0.2, 0) is 6.54 Å². The van der Waals surface area contributed by atoms with Crippen molar-refractivity contribution >= 4 is 24.0 Å². The number of likely N-dealkylation sites (tertiary alicyclic amines) is 1. The van der Waals surface area contributed by atoms with E-state index in [1.165, 1.54) is 6.07 Å². The van der Waals surface area contributed by atoms with Gasteiger partial charge in [0.1, 0.15) is 11.6 Å². The molecule has 2 rings (SSSR count). The number of ether oxygens (including phenoxy) is 1. The summed E-state index contributed by atoms with van der Waals surface area (Å²) >= 11 is 6.09. The topological polar surface area (TPSA) is 38.5 Å². The Balaban J connectivity index is 0.00000200. The second kappa shape index (κ2) is 8.03. The first kappa shape index (κ1) is 17.5. The zero-order valence-electron chi connectivity index (χ0n) is 11.6. The Kier molecular flexibility index (Phi) is 7.03. The molecule has 0 unspecified atom stereocenters. The Morgan fingerprint density at radius 2 is 2.25 bits per heavy atom. The molecule has 0 aliphatic carbocycles. The number of nitrogens with zero attached hydrogens (tertiary/aromatic N) is 1. The quantitative estimate of drug-likeness (QED) is 0.905. The number of benzene rings is 1. The van der Waals surface area contributed by atoms with Gasteiger partial charge in [-0.25, -0.2) is 4.39 Å². The molecule has 2 N–H and O–H groups in total. The minimum Gasteiger partial charge on any atom is -0.492 e. The highest BCUT2D eigenvalue weighted by atomic mass is 35.5. The summed E-state index contributed by atoms with van der Waals surface area (Å²) in [5.74, 6) is 0.678. The van der Waals surface area contributed by atoms with E-state index in [-0.39, 0.29) is 18.2 Å². The summed E-state index contributed by atoms with van der Waals surface area (Å²) < 4.78 is 19.3. The number of halogens is 3. The first-order chi connectivity index (χ1) is 9.13. The zero-order valence-corrected chi connectivity index (χ0v) is 13.1. The lowest BCUT2D eigenvalue weighted by atomic mass is 10.1. The zero-order chi connectivity index (χ0) is 13.8. The Hall–Kier alpha value is -0.550. The van der Waals surface area contributed by atoms with E-state index < -0.39 is 0 Å². The van der Waals surface area contributed by atoms with Gasteiger partial charge >= 0.3 is 0 Å². The lowest BCUT2D eigenvalue weighted by Gasteiger charge is -2.17. The van der Waals surface area contributed by atoms with E-state index in [9.17, 15) is 4.39 Å². The second-order valence-electron chi connectivity index (χ2n) is 4.93. The van der Waals surface area contributed by atoms with Gasteiger partial charge in [-0.2, -0.15) is 0 Å². The SMILES string of the molecule is CCOc1cc(F)c(CN2CC[C@@H](CN)C2)cc1Cl.Cl. The van der Waals surface area contributed by atoms with Gasteiger partial charge in [-0.15, -0.1) is 12.4 Å². The molecule has 1 heterocycles. The van der Waals surface area contributed by atoms with Gasteiger partial charge in [0.2, 0.25) is 0 Å². The van der Waals surface area contributed by atoms with Crippen molar-refractivity contribution in [1.29, 1.82) is 0 Å². The van der Waals surface area contributed by atoms with Gasteiger partial charge < -0.3 is 10.5 Å². The molecule has 1 aromatic rings. The van der Waals surface area contributed by atoms with Gasteiger partial charge in [0.05, 0.1) is 11.6 Å². The van der Waals surface area contributed by atoms with Crippen molar-refractivity contribution < 1.29 is 9.13 Å².